The third kappa shape index (κ3) is 3.89. The molecule has 1 fully saturated rings. The molecule has 0 amide bonds. The lowest BCUT2D eigenvalue weighted by Gasteiger charge is -2.38. The van der Waals surface area contributed by atoms with Crippen LogP contribution in [0, 0.1) is 11.3 Å². The Morgan fingerprint density at radius 3 is 2.55 bits per heavy atom. The number of hydrogen-bond donors (Lipinski definition) is 0. The molecule has 0 bridgehead atoms. The Balaban J connectivity index is 1.99. The summed E-state index contributed by atoms with van der Waals surface area (Å²) in [5.41, 5.74) is 1.15. The van der Waals surface area contributed by atoms with Gasteiger partial charge in [-0.3, -0.25) is 9.88 Å². The van der Waals surface area contributed by atoms with Crippen molar-refractivity contribution in [2.45, 2.75) is 46.1 Å². The zero-order valence-electron chi connectivity index (χ0n) is 12.7. The number of carbonyl (C=O) groups excluding carboxylic acids is 1. The average Bonchev–Trinajstić information content (AvgIpc) is 2.50. The van der Waals surface area contributed by atoms with Crippen molar-refractivity contribution in [1.29, 1.82) is 0 Å². The molecule has 0 aromatic carbocycles. The summed E-state index contributed by atoms with van der Waals surface area (Å²) in [6, 6.07) is 4.11. The van der Waals surface area contributed by atoms with Crippen molar-refractivity contribution < 1.29 is 4.79 Å². The Morgan fingerprint density at radius 2 is 2.00 bits per heavy atom. The molecule has 0 unspecified atom stereocenters. The van der Waals surface area contributed by atoms with E-state index < -0.39 is 0 Å². The van der Waals surface area contributed by atoms with E-state index in [-0.39, 0.29) is 5.41 Å². The van der Waals surface area contributed by atoms with Gasteiger partial charge in [0, 0.05) is 30.9 Å². The lowest BCUT2D eigenvalue weighted by Crippen LogP contribution is -2.41. The first-order chi connectivity index (χ1) is 9.67. The van der Waals surface area contributed by atoms with Crippen molar-refractivity contribution in [3.8, 4) is 0 Å². The zero-order chi connectivity index (χ0) is 14.4. The third-order valence-electron chi connectivity index (χ3n) is 4.66. The number of nitrogens with zero attached hydrogens (tertiary/aromatic N) is 2. The molecule has 1 heterocycles. The average molecular weight is 274 g/mol. The first-order valence-electron chi connectivity index (χ1n) is 7.75. The Kier molecular flexibility index (Phi) is 5.30. The van der Waals surface area contributed by atoms with Crippen LogP contribution >= 0.6 is 0 Å². The molecule has 1 aliphatic rings. The van der Waals surface area contributed by atoms with Gasteiger partial charge in [-0.15, -0.1) is 0 Å². The first-order valence-corrected chi connectivity index (χ1v) is 7.75. The van der Waals surface area contributed by atoms with Gasteiger partial charge in [0.25, 0.3) is 0 Å². The van der Waals surface area contributed by atoms with Crippen molar-refractivity contribution in [3.63, 3.8) is 0 Å². The van der Waals surface area contributed by atoms with Crippen LogP contribution in [0.4, 0.5) is 0 Å². The predicted octanol–water partition coefficient (Wildman–Crippen LogP) is 3.30. The Labute approximate surface area is 122 Å². The van der Waals surface area contributed by atoms with Crippen LogP contribution in [-0.4, -0.2) is 29.3 Å². The van der Waals surface area contributed by atoms with Crippen molar-refractivity contribution >= 4 is 6.29 Å². The Hall–Kier alpha value is -1.22. The van der Waals surface area contributed by atoms with Gasteiger partial charge < -0.3 is 4.79 Å². The molecule has 1 saturated carbocycles. The maximum Gasteiger partial charge on any atom is 0.127 e. The van der Waals surface area contributed by atoms with Gasteiger partial charge in [-0.2, -0.15) is 0 Å². The molecular weight excluding hydrogens is 248 g/mol. The highest BCUT2D eigenvalue weighted by Gasteiger charge is 2.35. The number of aromatic nitrogens is 1. The van der Waals surface area contributed by atoms with E-state index in [1.807, 2.05) is 12.4 Å². The number of carbonyl (C=O) groups is 1. The minimum absolute atomic E-state index is 0.116. The van der Waals surface area contributed by atoms with Gasteiger partial charge in [0.05, 0.1) is 0 Å². The highest BCUT2D eigenvalue weighted by atomic mass is 16.1. The SMILES string of the molecule is CCN(Cc1ccncc1)CC1(C=O)CCC(C)CC1. The largest absolute Gasteiger partial charge is 0.303 e. The monoisotopic (exact) mass is 274 g/mol. The van der Waals surface area contributed by atoms with Crippen LogP contribution in [-0.2, 0) is 11.3 Å². The lowest BCUT2D eigenvalue weighted by molar-refractivity contribution is -0.119. The molecule has 0 spiro atoms. The van der Waals surface area contributed by atoms with E-state index in [0.717, 1.165) is 38.4 Å². The predicted molar refractivity (Wildman–Crippen MR) is 81.3 cm³/mol. The molecule has 3 nitrogen and oxygen atoms in total. The van der Waals surface area contributed by atoms with Crippen molar-refractivity contribution in [2.75, 3.05) is 13.1 Å². The number of hydrogen-bond acceptors (Lipinski definition) is 3. The fraction of sp³-hybridized carbons (Fsp3) is 0.647. The second-order valence-electron chi connectivity index (χ2n) is 6.32. The maximum atomic E-state index is 11.7. The molecule has 0 atom stereocenters. The van der Waals surface area contributed by atoms with Crippen LogP contribution < -0.4 is 0 Å². The molecule has 0 radical (unpaired) electrons. The van der Waals surface area contributed by atoms with Crippen molar-refractivity contribution in [2.24, 2.45) is 11.3 Å². The molecule has 1 aromatic heterocycles. The second-order valence-corrected chi connectivity index (χ2v) is 6.32. The molecule has 20 heavy (non-hydrogen) atoms. The fourth-order valence-electron chi connectivity index (χ4n) is 3.12. The van der Waals surface area contributed by atoms with Crippen molar-refractivity contribution in [1.82, 2.24) is 9.88 Å². The van der Waals surface area contributed by atoms with E-state index >= 15 is 0 Å². The Morgan fingerprint density at radius 1 is 1.35 bits per heavy atom. The van der Waals surface area contributed by atoms with E-state index in [9.17, 15) is 4.79 Å². The summed E-state index contributed by atoms with van der Waals surface area (Å²) in [6.07, 6.45) is 9.36. The van der Waals surface area contributed by atoms with Crippen LogP contribution in [0.15, 0.2) is 24.5 Å². The molecule has 0 N–H and O–H groups in total. The van der Waals surface area contributed by atoms with E-state index in [1.165, 1.54) is 24.7 Å². The molecule has 1 aliphatic carbocycles. The summed E-state index contributed by atoms with van der Waals surface area (Å²) in [5.74, 6) is 0.776. The standard InChI is InChI=1S/C17H26N2O/c1-3-19(12-16-6-10-18-11-7-16)13-17(14-20)8-4-15(2)5-9-17/h6-7,10-11,14-15H,3-5,8-9,12-13H2,1-2H3. The number of pyridine rings is 1. The van der Waals surface area contributed by atoms with Gasteiger partial charge >= 0.3 is 0 Å². The van der Waals surface area contributed by atoms with E-state index in [2.05, 4.69) is 35.9 Å². The van der Waals surface area contributed by atoms with Gasteiger partial charge in [-0.25, -0.2) is 0 Å². The van der Waals surface area contributed by atoms with Crippen molar-refractivity contribution in [3.05, 3.63) is 30.1 Å². The van der Waals surface area contributed by atoms with Gasteiger partial charge in [-0.1, -0.05) is 13.8 Å². The molecular formula is C17H26N2O. The highest BCUT2D eigenvalue weighted by molar-refractivity contribution is 5.60. The lowest BCUT2D eigenvalue weighted by atomic mass is 9.71. The fourth-order valence-corrected chi connectivity index (χ4v) is 3.12. The maximum absolute atomic E-state index is 11.7. The summed E-state index contributed by atoms with van der Waals surface area (Å²) in [5, 5.41) is 0. The summed E-state index contributed by atoms with van der Waals surface area (Å²) in [6.45, 7) is 7.24. The molecule has 2 rings (SSSR count). The smallest absolute Gasteiger partial charge is 0.127 e. The van der Waals surface area contributed by atoms with Crippen LogP contribution in [0.3, 0.4) is 0 Å². The molecule has 110 valence electrons. The van der Waals surface area contributed by atoms with Crippen LogP contribution in [0.5, 0.6) is 0 Å². The third-order valence-corrected chi connectivity index (χ3v) is 4.66. The van der Waals surface area contributed by atoms with Crippen LogP contribution in [0.25, 0.3) is 0 Å². The van der Waals surface area contributed by atoms with Gasteiger partial charge in [-0.05, 0) is 55.8 Å². The quantitative estimate of drug-likeness (QED) is 0.746. The van der Waals surface area contributed by atoms with Gasteiger partial charge in [0.1, 0.15) is 6.29 Å². The molecule has 0 aliphatic heterocycles. The normalized spacial score (nSPS) is 26.6. The topological polar surface area (TPSA) is 33.2 Å². The van der Waals surface area contributed by atoms with E-state index in [1.54, 1.807) is 0 Å². The molecule has 1 aromatic rings. The summed E-state index contributed by atoms with van der Waals surface area (Å²) < 4.78 is 0. The zero-order valence-corrected chi connectivity index (χ0v) is 12.7. The van der Waals surface area contributed by atoms with E-state index in [0.29, 0.717) is 0 Å². The summed E-state index contributed by atoms with van der Waals surface area (Å²) >= 11 is 0. The van der Waals surface area contributed by atoms with E-state index in [4.69, 9.17) is 0 Å². The molecule has 3 heteroatoms. The van der Waals surface area contributed by atoms with Gasteiger partial charge in [0.2, 0.25) is 0 Å². The minimum atomic E-state index is -0.116. The first kappa shape index (κ1) is 15.2. The number of aldehydes is 1. The van der Waals surface area contributed by atoms with Gasteiger partial charge in [0.15, 0.2) is 0 Å². The minimum Gasteiger partial charge on any atom is -0.303 e. The Bertz CT molecular complexity index is 410. The summed E-state index contributed by atoms with van der Waals surface area (Å²) in [4.78, 5) is 18.1. The number of rotatable bonds is 6. The van der Waals surface area contributed by atoms with Crippen LogP contribution in [0.2, 0.25) is 0 Å². The highest BCUT2D eigenvalue weighted by Crippen LogP contribution is 2.38. The summed E-state index contributed by atoms with van der Waals surface area (Å²) in [7, 11) is 0. The van der Waals surface area contributed by atoms with Crippen LogP contribution in [0.1, 0.15) is 45.1 Å². The molecule has 0 saturated heterocycles. The second kappa shape index (κ2) is 6.98.